The van der Waals surface area contributed by atoms with Gasteiger partial charge in [0, 0.05) is 42.3 Å². The van der Waals surface area contributed by atoms with E-state index in [4.69, 9.17) is 4.42 Å². The SMILES string of the molecule is CC(=O)c1cc(-c2nccs2)c2oc(N3CC4CC(C3)N4)nc2c1C(F)(F)F. The fourth-order valence-corrected chi connectivity index (χ4v) is 4.61. The number of alkyl halides is 3. The van der Waals surface area contributed by atoms with Gasteiger partial charge in [0.25, 0.3) is 6.01 Å². The van der Waals surface area contributed by atoms with Gasteiger partial charge in [0.1, 0.15) is 10.5 Å². The minimum Gasteiger partial charge on any atom is -0.423 e. The van der Waals surface area contributed by atoms with Gasteiger partial charge < -0.3 is 14.6 Å². The van der Waals surface area contributed by atoms with Gasteiger partial charge in [0.2, 0.25) is 0 Å². The maximum atomic E-state index is 13.9. The van der Waals surface area contributed by atoms with E-state index in [2.05, 4.69) is 15.3 Å². The van der Waals surface area contributed by atoms with Crippen LogP contribution in [0.25, 0.3) is 21.7 Å². The highest BCUT2D eigenvalue weighted by atomic mass is 32.1. The molecule has 1 N–H and O–H groups in total. The van der Waals surface area contributed by atoms with Crippen molar-refractivity contribution in [1.82, 2.24) is 15.3 Å². The molecule has 2 unspecified atom stereocenters. The van der Waals surface area contributed by atoms with Crippen LogP contribution >= 0.6 is 11.3 Å². The highest BCUT2D eigenvalue weighted by Gasteiger charge is 2.42. The van der Waals surface area contributed by atoms with E-state index in [1.807, 2.05) is 4.90 Å². The smallest absolute Gasteiger partial charge is 0.419 e. The van der Waals surface area contributed by atoms with E-state index in [0.29, 0.717) is 35.7 Å². The van der Waals surface area contributed by atoms with Crippen LogP contribution in [-0.4, -0.2) is 40.9 Å². The molecule has 0 radical (unpaired) electrons. The van der Waals surface area contributed by atoms with Crippen molar-refractivity contribution in [3.63, 3.8) is 0 Å². The lowest BCUT2D eigenvalue weighted by Gasteiger charge is -2.47. The first-order valence-corrected chi connectivity index (χ1v) is 9.65. The lowest BCUT2D eigenvalue weighted by molar-refractivity contribution is -0.136. The lowest BCUT2D eigenvalue weighted by atomic mass is 9.92. The molecule has 3 saturated heterocycles. The molecule has 3 aliphatic rings. The van der Waals surface area contributed by atoms with E-state index in [9.17, 15) is 18.0 Å². The first-order valence-electron chi connectivity index (χ1n) is 8.78. The maximum absolute atomic E-state index is 13.9. The van der Waals surface area contributed by atoms with Crippen LogP contribution < -0.4 is 10.2 Å². The summed E-state index contributed by atoms with van der Waals surface area (Å²) in [6.45, 7) is 2.36. The Labute approximate surface area is 161 Å². The Morgan fingerprint density at radius 3 is 2.64 bits per heavy atom. The molecule has 2 bridgehead atoms. The minimum absolute atomic E-state index is 0.00878. The average molecular weight is 408 g/mol. The Hall–Kier alpha value is -2.46. The third-order valence-electron chi connectivity index (χ3n) is 5.17. The summed E-state index contributed by atoms with van der Waals surface area (Å²) in [5, 5.41) is 5.56. The van der Waals surface area contributed by atoms with Crippen molar-refractivity contribution in [3.05, 3.63) is 28.8 Å². The monoisotopic (exact) mass is 408 g/mol. The summed E-state index contributed by atoms with van der Waals surface area (Å²) in [5.41, 5.74) is -1.46. The average Bonchev–Trinajstić information content (AvgIpc) is 3.28. The number of hydrogen-bond acceptors (Lipinski definition) is 7. The lowest BCUT2D eigenvalue weighted by Crippen LogP contribution is -2.67. The number of nitrogens with zero attached hydrogens (tertiary/aromatic N) is 3. The molecule has 2 aromatic heterocycles. The zero-order valence-electron chi connectivity index (χ0n) is 14.7. The van der Waals surface area contributed by atoms with E-state index in [1.165, 1.54) is 17.4 Å². The molecular weight excluding hydrogens is 393 g/mol. The van der Waals surface area contributed by atoms with Gasteiger partial charge in [-0.15, -0.1) is 11.3 Å². The summed E-state index contributed by atoms with van der Waals surface area (Å²) >= 11 is 1.26. The van der Waals surface area contributed by atoms with Crippen LogP contribution in [0, 0.1) is 0 Å². The van der Waals surface area contributed by atoms with E-state index in [-0.39, 0.29) is 17.1 Å². The Kier molecular flexibility index (Phi) is 3.79. The van der Waals surface area contributed by atoms with Crippen molar-refractivity contribution in [1.29, 1.82) is 0 Å². The van der Waals surface area contributed by atoms with Crippen molar-refractivity contribution in [3.8, 4) is 10.6 Å². The number of oxazole rings is 1. The number of benzene rings is 1. The number of thiazole rings is 1. The molecule has 3 aliphatic heterocycles. The Morgan fingerprint density at radius 2 is 2.07 bits per heavy atom. The van der Waals surface area contributed by atoms with E-state index >= 15 is 0 Å². The summed E-state index contributed by atoms with van der Waals surface area (Å²) in [4.78, 5) is 22.3. The number of Topliss-reactive ketones (excluding diaryl/α,β-unsaturated/α-hetero) is 1. The third-order valence-corrected chi connectivity index (χ3v) is 5.98. The van der Waals surface area contributed by atoms with Gasteiger partial charge in [-0.2, -0.15) is 18.2 Å². The highest BCUT2D eigenvalue weighted by molar-refractivity contribution is 7.13. The normalized spacial score (nSPS) is 21.8. The van der Waals surface area contributed by atoms with Crippen LogP contribution in [0.5, 0.6) is 0 Å². The number of piperazine rings is 1. The molecule has 146 valence electrons. The predicted molar refractivity (Wildman–Crippen MR) is 97.7 cm³/mol. The number of aromatic nitrogens is 2. The van der Waals surface area contributed by atoms with Crippen LogP contribution in [0.3, 0.4) is 0 Å². The zero-order chi connectivity index (χ0) is 19.6. The Morgan fingerprint density at radius 1 is 1.36 bits per heavy atom. The van der Waals surface area contributed by atoms with Crippen molar-refractivity contribution in [2.24, 2.45) is 0 Å². The Bertz CT molecular complexity index is 1060. The second kappa shape index (κ2) is 6.02. The topological polar surface area (TPSA) is 71.3 Å². The molecule has 2 atom stereocenters. The molecule has 0 aliphatic carbocycles. The van der Waals surface area contributed by atoms with Gasteiger partial charge in [-0.25, -0.2) is 4.98 Å². The number of piperidine rings is 1. The van der Waals surface area contributed by atoms with Crippen LogP contribution in [0.2, 0.25) is 0 Å². The number of carbonyl (C=O) groups is 1. The van der Waals surface area contributed by atoms with Crippen molar-refractivity contribution >= 4 is 34.2 Å². The molecule has 6 rings (SSSR count). The fraction of sp³-hybridized carbons (Fsp3) is 0.389. The molecule has 5 heterocycles. The van der Waals surface area contributed by atoms with Gasteiger partial charge in [-0.1, -0.05) is 0 Å². The number of hydrogen-bond donors (Lipinski definition) is 1. The molecule has 3 aromatic rings. The molecule has 0 amide bonds. The number of rotatable bonds is 3. The van der Waals surface area contributed by atoms with Crippen LogP contribution in [0.1, 0.15) is 29.3 Å². The largest absolute Gasteiger partial charge is 0.423 e. The highest BCUT2D eigenvalue weighted by Crippen LogP contribution is 2.43. The second-order valence-electron chi connectivity index (χ2n) is 7.11. The van der Waals surface area contributed by atoms with Crippen LogP contribution in [-0.2, 0) is 6.18 Å². The van der Waals surface area contributed by atoms with E-state index in [1.54, 1.807) is 11.6 Å². The molecule has 10 heteroatoms. The minimum atomic E-state index is -4.74. The van der Waals surface area contributed by atoms with Crippen molar-refractivity contribution in [2.75, 3.05) is 18.0 Å². The number of carbonyl (C=O) groups excluding carboxylic acids is 1. The summed E-state index contributed by atoms with van der Waals surface area (Å²) in [5.74, 6) is -0.681. The van der Waals surface area contributed by atoms with Crippen LogP contribution in [0.4, 0.5) is 19.2 Å². The van der Waals surface area contributed by atoms with Gasteiger partial charge >= 0.3 is 6.18 Å². The number of nitrogens with one attached hydrogen (secondary N) is 1. The number of fused-ring (bicyclic) bond motifs is 3. The molecular formula is C18H15F3N4O2S. The maximum Gasteiger partial charge on any atom is 0.419 e. The molecule has 0 spiro atoms. The number of halogens is 3. The second-order valence-corrected chi connectivity index (χ2v) is 8.01. The van der Waals surface area contributed by atoms with Gasteiger partial charge in [0.05, 0.1) is 11.1 Å². The molecule has 6 nitrogen and oxygen atoms in total. The number of ketones is 1. The zero-order valence-corrected chi connectivity index (χ0v) is 15.5. The Balaban J connectivity index is 1.76. The predicted octanol–water partition coefficient (Wildman–Crippen LogP) is 3.72. The molecule has 0 saturated carbocycles. The van der Waals surface area contributed by atoms with Gasteiger partial charge in [-0.3, -0.25) is 4.79 Å². The van der Waals surface area contributed by atoms with Gasteiger partial charge in [0.15, 0.2) is 11.4 Å². The van der Waals surface area contributed by atoms with E-state index in [0.717, 1.165) is 13.3 Å². The van der Waals surface area contributed by atoms with Crippen molar-refractivity contribution < 1.29 is 22.4 Å². The van der Waals surface area contributed by atoms with Crippen LogP contribution in [0.15, 0.2) is 22.1 Å². The third kappa shape index (κ3) is 2.70. The summed E-state index contributed by atoms with van der Waals surface area (Å²) in [6, 6.07) is 1.95. The van der Waals surface area contributed by atoms with Gasteiger partial charge in [-0.05, 0) is 19.4 Å². The first-order chi connectivity index (χ1) is 13.3. The standard InChI is InChI=1S/C18H15F3N4O2S/c1-8(26)11-5-12(16-22-2-3-28-16)15-14(13(11)18(19,20)21)24-17(27-15)25-6-9-4-10(7-25)23-9/h2-3,5,9-10,23H,4,6-7H2,1H3. The van der Waals surface area contributed by atoms with Crippen molar-refractivity contribution in [2.45, 2.75) is 31.6 Å². The fourth-order valence-electron chi connectivity index (χ4n) is 3.96. The summed E-state index contributed by atoms with van der Waals surface area (Å²) in [7, 11) is 0. The molecule has 1 aromatic carbocycles. The summed E-state index contributed by atoms with van der Waals surface area (Å²) < 4.78 is 47.4. The quantitative estimate of drug-likeness (QED) is 0.666. The molecule has 3 fully saturated rings. The van der Waals surface area contributed by atoms with E-state index < -0.39 is 23.1 Å². The first kappa shape index (κ1) is 17.6. The number of anilines is 1. The summed E-state index contributed by atoms with van der Waals surface area (Å²) in [6.07, 6.45) is -2.14. The molecule has 28 heavy (non-hydrogen) atoms.